The van der Waals surface area contributed by atoms with E-state index in [1.54, 1.807) is 0 Å². The smallest absolute Gasteiger partial charge is 0.201 e. The molecule has 3 nitrogen and oxygen atoms in total. The average Bonchev–Trinajstić information content (AvgIpc) is 2.55. The zero-order chi connectivity index (χ0) is 10.8. The second kappa shape index (κ2) is 4.14. The Morgan fingerprint density at radius 3 is 2.93 bits per heavy atom. The minimum absolute atomic E-state index is 0.546. The normalized spacial score (nSPS) is 13.2. The van der Waals surface area contributed by atoms with Crippen molar-refractivity contribution in [2.45, 2.75) is 18.7 Å². The van der Waals surface area contributed by atoms with Crippen molar-refractivity contribution in [3.63, 3.8) is 0 Å². The molecule has 1 heterocycles. The molecule has 0 bridgehead atoms. The highest BCUT2D eigenvalue weighted by Gasteiger charge is 2.09. The highest BCUT2D eigenvalue weighted by Crippen LogP contribution is 2.19. The Hall–Kier alpha value is -1.16. The zero-order valence-electron chi connectivity index (χ0n) is 8.97. The van der Waals surface area contributed by atoms with Gasteiger partial charge in [-0.25, -0.2) is 4.98 Å². The van der Waals surface area contributed by atoms with Crippen LogP contribution >= 0.6 is 11.8 Å². The molecule has 0 aliphatic heterocycles. The summed E-state index contributed by atoms with van der Waals surface area (Å²) >= 11 is 1.84. The molecule has 2 aromatic rings. The SMILES string of the molecule is CSC(C)Cn1c(N)nc2ccccc21. The Bertz CT molecular complexity index is 464. The molecule has 0 aliphatic carbocycles. The molecule has 1 aromatic heterocycles. The number of rotatable bonds is 3. The molecule has 0 fully saturated rings. The van der Waals surface area contributed by atoms with Gasteiger partial charge in [-0.3, -0.25) is 0 Å². The molecule has 2 rings (SSSR count). The van der Waals surface area contributed by atoms with Crippen LogP contribution < -0.4 is 5.73 Å². The van der Waals surface area contributed by atoms with E-state index in [4.69, 9.17) is 5.73 Å². The number of hydrogen-bond acceptors (Lipinski definition) is 3. The number of aromatic nitrogens is 2. The first-order valence-electron chi connectivity index (χ1n) is 4.96. The van der Waals surface area contributed by atoms with Crippen molar-refractivity contribution >= 4 is 28.7 Å². The maximum atomic E-state index is 5.90. The molecule has 4 heteroatoms. The van der Waals surface area contributed by atoms with E-state index in [2.05, 4.69) is 28.8 Å². The van der Waals surface area contributed by atoms with Crippen molar-refractivity contribution in [2.75, 3.05) is 12.0 Å². The summed E-state index contributed by atoms with van der Waals surface area (Å²) in [5.74, 6) is 0.608. The van der Waals surface area contributed by atoms with Gasteiger partial charge in [0.05, 0.1) is 11.0 Å². The summed E-state index contributed by atoms with van der Waals surface area (Å²) in [6.45, 7) is 3.10. The van der Waals surface area contributed by atoms with Crippen LogP contribution in [-0.2, 0) is 6.54 Å². The highest BCUT2D eigenvalue weighted by molar-refractivity contribution is 7.99. The van der Waals surface area contributed by atoms with E-state index >= 15 is 0 Å². The summed E-state index contributed by atoms with van der Waals surface area (Å²) < 4.78 is 2.08. The molecule has 1 aromatic carbocycles. The van der Waals surface area contributed by atoms with Crippen molar-refractivity contribution in [3.8, 4) is 0 Å². The molecular formula is C11H15N3S. The number of benzene rings is 1. The molecule has 0 spiro atoms. The van der Waals surface area contributed by atoms with E-state index in [0.717, 1.165) is 17.6 Å². The number of nitrogen functional groups attached to an aromatic ring is 1. The largest absolute Gasteiger partial charge is 0.369 e. The van der Waals surface area contributed by atoms with Crippen LogP contribution in [0.2, 0.25) is 0 Å². The number of fused-ring (bicyclic) bond motifs is 1. The lowest BCUT2D eigenvalue weighted by Gasteiger charge is -2.11. The van der Waals surface area contributed by atoms with Crippen molar-refractivity contribution in [2.24, 2.45) is 0 Å². The standard InChI is InChI=1S/C11H15N3S/c1-8(15-2)7-14-10-6-4-3-5-9(10)13-11(14)12/h3-6,8H,7H2,1-2H3,(H2,12,13). The van der Waals surface area contributed by atoms with Gasteiger partial charge in [-0.1, -0.05) is 19.1 Å². The summed E-state index contributed by atoms with van der Waals surface area (Å²) in [5, 5.41) is 0.546. The first-order valence-corrected chi connectivity index (χ1v) is 6.24. The van der Waals surface area contributed by atoms with Gasteiger partial charge < -0.3 is 10.3 Å². The number of para-hydroxylation sites is 2. The van der Waals surface area contributed by atoms with Crippen LogP contribution in [0.5, 0.6) is 0 Å². The first kappa shape index (κ1) is 10.4. The van der Waals surface area contributed by atoms with Gasteiger partial charge in [0.25, 0.3) is 0 Å². The fraction of sp³-hybridized carbons (Fsp3) is 0.364. The molecular weight excluding hydrogens is 206 g/mol. The van der Waals surface area contributed by atoms with Gasteiger partial charge >= 0.3 is 0 Å². The topological polar surface area (TPSA) is 43.8 Å². The van der Waals surface area contributed by atoms with Crippen molar-refractivity contribution in [3.05, 3.63) is 24.3 Å². The number of anilines is 1. The van der Waals surface area contributed by atoms with Gasteiger partial charge in [-0.05, 0) is 18.4 Å². The number of thioether (sulfide) groups is 1. The minimum Gasteiger partial charge on any atom is -0.369 e. The molecule has 0 amide bonds. The third kappa shape index (κ3) is 1.95. The fourth-order valence-electron chi connectivity index (χ4n) is 1.62. The lowest BCUT2D eigenvalue weighted by atomic mass is 10.3. The molecule has 0 saturated carbocycles. The van der Waals surface area contributed by atoms with Crippen LogP contribution in [0.15, 0.2) is 24.3 Å². The summed E-state index contributed by atoms with van der Waals surface area (Å²) in [6, 6.07) is 8.05. The predicted octanol–water partition coefficient (Wildman–Crippen LogP) is 2.37. The number of imidazole rings is 1. The molecule has 1 unspecified atom stereocenters. The van der Waals surface area contributed by atoms with Crippen LogP contribution in [0.4, 0.5) is 5.95 Å². The van der Waals surface area contributed by atoms with E-state index < -0.39 is 0 Å². The van der Waals surface area contributed by atoms with Gasteiger partial charge in [0.1, 0.15) is 0 Å². The minimum atomic E-state index is 0.546. The Balaban J connectivity index is 2.45. The lowest BCUT2D eigenvalue weighted by molar-refractivity contribution is 0.721. The fourth-order valence-corrected chi connectivity index (χ4v) is 1.92. The zero-order valence-corrected chi connectivity index (χ0v) is 9.79. The van der Waals surface area contributed by atoms with Gasteiger partial charge in [0, 0.05) is 11.8 Å². The molecule has 2 N–H and O–H groups in total. The third-order valence-corrected chi connectivity index (χ3v) is 3.48. The molecule has 0 aliphatic rings. The van der Waals surface area contributed by atoms with E-state index in [0.29, 0.717) is 11.2 Å². The highest BCUT2D eigenvalue weighted by atomic mass is 32.2. The quantitative estimate of drug-likeness (QED) is 0.865. The van der Waals surface area contributed by atoms with Gasteiger partial charge in [0.15, 0.2) is 0 Å². The van der Waals surface area contributed by atoms with Crippen LogP contribution in [0.1, 0.15) is 6.92 Å². The van der Waals surface area contributed by atoms with Crippen molar-refractivity contribution in [1.82, 2.24) is 9.55 Å². The van der Waals surface area contributed by atoms with Crippen molar-refractivity contribution in [1.29, 1.82) is 0 Å². The van der Waals surface area contributed by atoms with Crippen LogP contribution in [-0.4, -0.2) is 21.1 Å². The first-order chi connectivity index (χ1) is 7.22. The lowest BCUT2D eigenvalue weighted by Crippen LogP contribution is -2.11. The Labute approximate surface area is 93.7 Å². The second-order valence-electron chi connectivity index (χ2n) is 3.62. The van der Waals surface area contributed by atoms with E-state index in [9.17, 15) is 0 Å². The molecule has 80 valence electrons. The molecule has 0 radical (unpaired) electrons. The number of nitrogens with zero attached hydrogens (tertiary/aromatic N) is 2. The van der Waals surface area contributed by atoms with E-state index in [-0.39, 0.29) is 0 Å². The molecule has 1 atom stereocenters. The Kier molecular flexibility index (Phi) is 2.86. The van der Waals surface area contributed by atoms with Gasteiger partial charge in [-0.2, -0.15) is 11.8 Å². The predicted molar refractivity (Wildman–Crippen MR) is 67.1 cm³/mol. The summed E-state index contributed by atoms with van der Waals surface area (Å²) in [4.78, 5) is 4.33. The summed E-state index contributed by atoms with van der Waals surface area (Å²) in [5.41, 5.74) is 8.00. The monoisotopic (exact) mass is 221 g/mol. The summed E-state index contributed by atoms with van der Waals surface area (Å²) in [6.07, 6.45) is 2.11. The van der Waals surface area contributed by atoms with Crippen molar-refractivity contribution < 1.29 is 0 Å². The van der Waals surface area contributed by atoms with Crippen LogP contribution in [0, 0.1) is 0 Å². The van der Waals surface area contributed by atoms with Gasteiger partial charge in [-0.15, -0.1) is 0 Å². The van der Waals surface area contributed by atoms with Crippen LogP contribution in [0.3, 0.4) is 0 Å². The maximum Gasteiger partial charge on any atom is 0.201 e. The Morgan fingerprint density at radius 2 is 2.20 bits per heavy atom. The molecule has 15 heavy (non-hydrogen) atoms. The molecule has 0 saturated heterocycles. The number of nitrogens with two attached hydrogens (primary N) is 1. The third-order valence-electron chi connectivity index (χ3n) is 2.53. The second-order valence-corrected chi connectivity index (χ2v) is 4.89. The van der Waals surface area contributed by atoms with E-state index in [1.165, 1.54) is 0 Å². The number of hydrogen-bond donors (Lipinski definition) is 1. The van der Waals surface area contributed by atoms with E-state index in [1.807, 2.05) is 30.0 Å². The average molecular weight is 221 g/mol. The summed E-state index contributed by atoms with van der Waals surface area (Å²) in [7, 11) is 0. The van der Waals surface area contributed by atoms with Crippen LogP contribution in [0.25, 0.3) is 11.0 Å². The van der Waals surface area contributed by atoms with Gasteiger partial charge in [0.2, 0.25) is 5.95 Å². The Morgan fingerprint density at radius 1 is 1.47 bits per heavy atom. The maximum absolute atomic E-state index is 5.90.